The lowest BCUT2D eigenvalue weighted by atomic mass is 9.97. The van der Waals surface area contributed by atoms with Crippen molar-refractivity contribution in [2.75, 3.05) is 0 Å². The summed E-state index contributed by atoms with van der Waals surface area (Å²) in [5, 5.41) is 0.782. The summed E-state index contributed by atoms with van der Waals surface area (Å²) in [6.45, 7) is 2.13. The molecule has 1 fully saturated rings. The first-order chi connectivity index (χ1) is 9.22. The van der Waals surface area contributed by atoms with Crippen molar-refractivity contribution in [3.8, 4) is 0 Å². The number of aryl methyl sites for hydroxylation is 1. The number of halogens is 1. The number of rotatable bonds is 2. The first-order valence-corrected chi connectivity index (χ1v) is 6.93. The molecule has 0 spiro atoms. The summed E-state index contributed by atoms with van der Waals surface area (Å²) in [6.07, 6.45) is 1.05. The highest BCUT2D eigenvalue weighted by atomic mass is 35.5. The molecule has 1 heterocycles. The van der Waals surface area contributed by atoms with Gasteiger partial charge in [-0.25, -0.2) is 10.9 Å². The Labute approximate surface area is 118 Å². The highest BCUT2D eigenvalue weighted by molar-refractivity contribution is 6.30. The lowest BCUT2D eigenvalue weighted by Crippen LogP contribution is -2.26. The molecule has 2 atom stereocenters. The maximum absolute atomic E-state index is 5.92. The summed E-state index contributed by atoms with van der Waals surface area (Å²) in [7, 11) is 0. The van der Waals surface area contributed by atoms with Gasteiger partial charge in [-0.3, -0.25) is 0 Å². The smallest absolute Gasteiger partial charge is 0.0481 e. The van der Waals surface area contributed by atoms with E-state index in [-0.39, 0.29) is 0 Å². The third kappa shape index (κ3) is 2.81. The second-order valence-electron chi connectivity index (χ2n) is 5.10. The Bertz CT molecular complexity index is 565. The van der Waals surface area contributed by atoms with Crippen molar-refractivity contribution in [1.82, 2.24) is 10.9 Å². The standard InChI is InChI=1S/C16H17ClN2/c1-11-3-2-4-13(9-11)16-10-15(18-19-16)12-5-7-14(17)8-6-12/h2-9,15-16,18-19H,10H2,1H3. The van der Waals surface area contributed by atoms with E-state index in [1.54, 1.807) is 0 Å². The summed E-state index contributed by atoms with van der Waals surface area (Å²) < 4.78 is 0. The van der Waals surface area contributed by atoms with Gasteiger partial charge in [0.2, 0.25) is 0 Å². The van der Waals surface area contributed by atoms with Gasteiger partial charge in [0, 0.05) is 17.1 Å². The molecule has 0 aromatic heterocycles. The second-order valence-corrected chi connectivity index (χ2v) is 5.53. The van der Waals surface area contributed by atoms with Crippen LogP contribution in [-0.2, 0) is 0 Å². The van der Waals surface area contributed by atoms with E-state index in [0.717, 1.165) is 11.4 Å². The Morgan fingerprint density at radius 2 is 1.63 bits per heavy atom. The lowest BCUT2D eigenvalue weighted by Gasteiger charge is -2.10. The summed E-state index contributed by atoms with van der Waals surface area (Å²) in [4.78, 5) is 0. The van der Waals surface area contributed by atoms with Crippen LogP contribution in [0.5, 0.6) is 0 Å². The quantitative estimate of drug-likeness (QED) is 0.866. The molecule has 2 aromatic carbocycles. The van der Waals surface area contributed by atoms with Crippen LogP contribution in [0.2, 0.25) is 5.02 Å². The molecule has 0 bridgehead atoms. The van der Waals surface area contributed by atoms with Gasteiger partial charge in [-0.05, 0) is 36.6 Å². The van der Waals surface area contributed by atoms with Crippen molar-refractivity contribution in [2.24, 2.45) is 0 Å². The monoisotopic (exact) mass is 272 g/mol. The fourth-order valence-electron chi connectivity index (χ4n) is 2.58. The predicted molar refractivity (Wildman–Crippen MR) is 79.0 cm³/mol. The molecule has 0 amide bonds. The minimum Gasteiger partial charge on any atom is -0.250 e. The van der Waals surface area contributed by atoms with Crippen molar-refractivity contribution in [1.29, 1.82) is 0 Å². The van der Waals surface area contributed by atoms with Crippen LogP contribution in [0.1, 0.15) is 35.2 Å². The largest absolute Gasteiger partial charge is 0.250 e. The van der Waals surface area contributed by atoms with Gasteiger partial charge in [0.1, 0.15) is 0 Å². The number of hydrogen-bond acceptors (Lipinski definition) is 2. The summed E-state index contributed by atoms with van der Waals surface area (Å²) >= 11 is 5.92. The van der Waals surface area contributed by atoms with Gasteiger partial charge in [0.05, 0.1) is 0 Å². The van der Waals surface area contributed by atoms with E-state index >= 15 is 0 Å². The average molecular weight is 273 g/mol. The van der Waals surface area contributed by atoms with Gasteiger partial charge in [0.15, 0.2) is 0 Å². The summed E-state index contributed by atoms with van der Waals surface area (Å²) in [6, 6.07) is 17.4. The molecule has 0 saturated carbocycles. The van der Waals surface area contributed by atoms with Gasteiger partial charge < -0.3 is 0 Å². The molecule has 2 unspecified atom stereocenters. The zero-order valence-electron chi connectivity index (χ0n) is 10.9. The molecule has 1 aliphatic heterocycles. The highest BCUT2D eigenvalue weighted by Gasteiger charge is 2.25. The molecule has 2 nitrogen and oxygen atoms in total. The molecule has 0 radical (unpaired) electrons. The third-order valence-electron chi connectivity index (χ3n) is 3.62. The van der Waals surface area contributed by atoms with Crippen LogP contribution in [0.3, 0.4) is 0 Å². The van der Waals surface area contributed by atoms with Crippen LogP contribution >= 0.6 is 11.6 Å². The Balaban J connectivity index is 1.75. The molecular formula is C16H17ClN2. The molecule has 3 heteroatoms. The van der Waals surface area contributed by atoms with E-state index in [4.69, 9.17) is 11.6 Å². The van der Waals surface area contributed by atoms with Crippen molar-refractivity contribution < 1.29 is 0 Å². The highest BCUT2D eigenvalue weighted by Crippen LogP contribution is 2.31. The zero-order valence-corrected chi connectivity index (χ0v) is 11.6. The summed E-state index contributed by atoms with van der Waals surface area (Å²) in [5.74, 6) is 0. The van der Waals surface area contributed by atoms with E-state index in [9.17, 15) is 0 Å². The van der Waals surface area contributed by atoms with Crippen molar-refractivity contribution in [3.63, 3.8) is 0 Å². The SMILES string of the molecule is Cc1cccc(C2CC(c3ccc(Cl)cc3)NN2)c1. The zero-order chi connectivity index (χ0) is 13.2. The van der Waals surface area contributed by atoms with Crippen LogP contribution in [0, 0.1) is 6.92 Å². The van der Waals surface area contributed by atoms with Crippen molar-refractivity contribution in [2.45, 2.75) is 25.4 Å². The van der Waals surface area contributed by atoms with E-state index in [2.05, 4.69) is 54.2 Å². The minimum absolute atomic E-state index is 0.336. The van der Waals surface area contributed by atoms with Crippen LogP contribution in [0.25, 0.3) is 0 Å². The first kappa shape index (κ1) is 12.7. The molecule has 3 rings (SSSR count). The van der Waals surface area contributed by atoms with Gasteiger partial charge in [-0.2, -0.15) is 0 Å². The molecule has 1 aliphatic rings. The number of hydrogen-bond donors (Lipinski definition) is 2. The van der Waals surface area contributed by atoms with Crippen LogP contribution < -0.4 is 10.9 Å². The fraction of sp³-hybridized carbons (Fsp3) is 0.250. The van der Waals surface area contributed by atoms with Gasteiger partial charge in [-0.15, -0.1) is 0 Å². The molecule has 98 valence electrons. The van der Waals surface area contributed by atoms with Crippen LogP contribution in [0.4, 0.5) is 0 Å². The lowest BCUT2D eigenvalue weighted by molar-refractivity contribution is 0.555. The molecule has 1 saturated heterocycles. The topological polar surface area (TPSA) is 24.1 Å². The molecule has 19 heavy (non-hydrogen) atoms. The van der Waals surface area contributed by atoms with Gasteiger partial charge in [-0.1, -0.05) is 53.6 Å². The average Bonchev–Trinajstić information content (AvgIpc) is 2.89. The maximum atomic E-state index is 5.92. The normalized spacial score (nSPS) is 22.6. The molecule has 0 aliphatic carbocycles. The Morgan fingerprint density at radius 1 is 0.947 bits per heavy atom. The number of hydrazine groups is 1. The predicted octanol–water partition coefficient (Wildman–Crippen LogP) is 3.93. The minimum atomic E-state index is 0.336. The maximum Gasteiger partial charge on any atom is 0.0481 e. The van der Waals surface area contributed by atoms with Crippen LogP contribution in [0.15, 0.2) is 48.5 Å². The van der Waals surface area contributed by atoms with E-state index in [1.165, 1.54) is 16.7 Å². The summed E-state index contributed by atoms with van der Waals surface area (Å²) in [5.41, 5.74) is 10.7. The van der Waals surface area contributed by atoms with E-state index in [0.29, 0.717) is 12.1 Å². The molecular weight excluding hydrogens is 256 g/mol. The van der Waals surface area contributed by atoms with Gasteiger partial charge in [0.25, 0.3) is 0 Å². The Hall–Kier alpha value is -1.35. The number of benzene rings is 2. The fourth-order valence-corrected chi connectivity index (χ4v) is 2.70. The van der Waals surface area contributed by atoms with Crippen LogP contribution in [-0.4, -0.2) is 0 Å². The Morgan fingerprint density at radius 3 is 2.32 bits per heavy atom. The Kier molecular flexibility index (Phi) is 3.56. The van der Waals surface area contributed by atoms with Gasteiger partial charge >= 0.3 is 0 Å². The molecule has 2 N–H and O–H groups in total. The first-order valence-electron chi connectivity index (χ1n) is 6.55. The van der Waals surface area contributed by atoms with E-state index in [1.807, 2.05) is 12.1 Å². The second kappa shape index (κ2) is 5.33. The molecule has 2 aromatic rings. The van der Waals surface area contributed by atoms with Crippen molar-refractivity contribution in [3.05, 3.63) is 70.2 Å². The third-order valence-corrected chi connectivity index (χ3v) is 3.87. The van der Waals surface area contributed by atoms with Crippen molar-refractivity contribution >= 4 is 11.6 Å². The number of nitrogens with one attached hydrogen (secondary N) is 2. The van der Waals surface area contributed by atoms with E-state index < -0.39 is 0 Å².